The number of carbonyl (C=O) groups is 3. The maximum absolute atomic E-state index is 12.0. The summed E-state index contributed by atoms with van der Waals surface area (Å²) in [6, 6.07) is -1.21. The predicted molar refractivity (Wildman–Crippen MR) is 58.8 cm³/mol. The van der Waals surface area contributed by atoms with E-state index in [-0.39, 0.29) is 11.4 Å². The molecule has 2 heterocycles. The van der Waals surface area contributed by atoms with Crippen molar-refractivity contribution >= 4 is 17.8 Å². The standard InChI is InChI=1S/C11H11N3O4/c1-5(2)8(11(17)18)14-9(15)6-7(10(14)16)13-4-3-12-6/h3-5,8H,1-2H3,(H,17,18). The minimum absolute atomic E-state index is 0.0885. The molecule has 1 aliphatic heterocycles. The smallest absolute Gasteiger partial charge is 0.327 e. The highest BCUT2D eigenvalue weighted by Gasteiger charge is 2.45. The molecule has 0 aliphatic carbocycles. The molecule has 1 N–H and O–H groups in total. The van der Waals surface area contributed by atoms with Crippen molar-refractivity contribution in [3.63, 3.8) is 0 Å². The molecule has 2 rings (SSSR count). The Morgan fingerprint density at radius 3 is 1.94 bits per heavy atom. The normalized spacial score (nSPS) is 16.1. The Labute approximate surface area is 102 Å². The molecule has 0 radical (unpaired) electrons. The van der Waals surface area contributed by atoms with Crippen LogP contribution in [0.3, 0.4) is 0 Å². The van der Waals surface area contributed by atoms with Crippen molar-refractivity contribution in [2.24, 2.45) is 5.92 Å². The fourth-order valence-electron chi connectivity index (χ4n) is 1.92. The second-order valence-corrected chi connectivity index (χ2v) is 4.26. The second kappa shape index (κ2) is 4.17. The summed E-state index contributed by atoms with van der Waals surface area (Å²) in [4.78, 5) is 43.4. The third-order valence-corrected chi connectivity index (χ3v) is 2.70. The molecule has 0 fully saturated rings. The summed E-state index contributed by atoms with van der Waals surface area (Å²) in [5, 5.41) is 9.13. The van der Waals surface area contributed by atoms with Gasteiger partial charge in [0.05, 0.1) is 0 Å². The topological polar surface area (TPSA) is 100 Å². The van der Waals surface area contributed by atoms with Crippen LogP contribution in [0.1, 0.15) is 34.8 Å². The van der Waals surface area contributed by atoms with Crippen LogP contribution in [-0.4, -0.2) is 43.8 Å². The number of carbonyl (C=O) groups excluding carboxylic acids is 2. The first-order valence-electron chi connectivity index (χ1n) is 5.37. The summed E-state index contributed by atoms with van der Waals surface area (Å²) in [6.07, 6.45) is 2.58. The Kier molecular flexibility index (Phi) is 2.82. The maximum Gasteiger partial charge on any atom is 0.327 e. The summed E-state index contributed by atoms with van der Waals surface area (Å²) in [5.74, 6) is -3.03. The minimum atomic E-state index is -1.22. The first-order chi connectivity index (χ1) is 8.45. The zero-order chi connectivity index (χ0) is 13.4. The van der Waals surface area contributed by atoms with Gasteiger partial charge >= 0.3 is 5.97 Å². The zero-order valence-electron chi connectivity index (χ0n) is 9.82. The van der Waals surface area contributed by atoms with E-state index in [4.69, 9.17) is 5.11 Å². The molecule has 1 unspecified atom stereocenters. The molecule has 1 aromatic rings. The number of hydrogen-bond donors (Lipinski definition) is 1. The summed E-state index contributed by atoms with van der Waals surface area (Å²) >= 11 is 0. The van der Waals surface area contributed by atoms with Gasteiger partial charge in [0.15, 0.2) is 11.4 Å². The van der Waals surface area contributed by atoms with Crippen LogP contribution >= 0.6 is 0 Å². The average Bonchev–Trinajstić information content (AvgIpc) is 2.55. The van der Waals surface area contributed by atoms with Gasteiger partial charge in [0.1, 0.15) is 6.04 Å². The van der Waals surface area contributed by atoms with Crippen LogP contribution in [0.25, 0.3) is 0 Å². The van der Waals surface area contributed by atoms with E-state index in [9.17, 15) is 14.4 Å². The van der Waals surface area contributed by atoms with Crippen LogP contribution in [0.2, 0.25) is 0 Å². The largest absolute Gasteiger partial charge is 0.480 e. The molecule has 7 heteroatoms. The van der Waals surface area contributed by atoms with Gasteiger partial charge in [-0.05, 0) is 5.92 Å². The van der Waals surface area contributed by atoms with Gasteiger partial charge in [-0.15, -0.1) is 0 Å². The van der Waals surface area contributed by atoms with E-state index in [0.717, 1.165) is 4.90 Å². The Bertz CT molecular complexity index is 506. The van der Waals surface area contributed by atoms with Crippen LogP contribution in [0.15, 0.2) is 12.4 Å². The highest BCUT2D eigenvalue weighted by Crippen LogP contribution is 2.24. The summed E-state index contributed by atoms with van der Waals surface area (Å²) in [5.41, 5.74) is -0.177. The highest BCUT2D eigenvalue weighted by atomic mass is 16.4. The van der Waals surface area contributed by atoms with E-state index in [1.54, 1.807) is 13.8 Å². The van der Waals surface area contributed by atoms with E-state index in [2.05, 4.69) is 9.97 Å². The van der Waals surface area contributed by atoms with Crippen LogP contribution in [0, 0.1) is 5.92 Å². The van der Waals surface area contributed by atoms with Crippen LogP contribution in [0.4, 0.5) is 0 Å². The van der Waals surface area contributed by atoms with E-state index < -0.39 is 29.7 Å². The molecule has 2 amide bonds. The molecule has 7 nitrogen and oxygen atoms in total. The predicted octanol–water partition coefficient (Wildman–Crippen LogP) is 0.182. The number of amides is 2. The van der Waals surface area contributed by atoms with Crippen molar-refractivity contribution in [2.75, 3.05) is 0 Å². The lowest BCUT2D eigenvalue weighted by atomic mass is 10.0. The lowest BCUT2D eigenvalue weighted by Gasteiger charge is -2.24. The Morgan fingerprint density at radius 1 is 1.17 bits per heavy atom. The number of carboxylic acids is 1. The fraction of sp³-hybridized carbons (Fsp3) is 0.364. The number of nitrogens with zero attached hydrogens (tertiary/aromatic N) is 3. The van der Waals surface area contributed by atoms with Gasteiger partial charge in [-0.25, -0.2) is 14.8 Å². The Balaban J connectivity index is 2.47. The Hall–Kier alpha value is -2.31. The van der Waals surface area contributed by atoms with Crippen LogP contribution in [0.5, 0.6) is 0 Å². The molecule has 0 aromatic carbocycles. The lowest BCUT2D eigenvalue weighted by molar-refractivity contribution is -0.143. The molecular weight excluding hydrogens is 238 g/mol. The molecule has 94 valence electrons. The van der Waals surface area contributed by atoms with Gasteiger partial charge in [0.2, 0.25) is 0 Å². The van der Waals surface area contributed by atoms with Crippen molar-refractivity contribution in [1.82, 2.24) is 14.9 Å². The van der Waals surface area contributed by atoms with Crippen molar-refractivity contribution in [2.45, 2.75) is 19.9 Å². The number of aromatic nitrogens is 2. The van der Waals surface area contributed by atoms with Gasteiger partial charge in [-0.3, -0.25) is 14.5 Å². The molecule has 18 heavy (non-hydrogen) atoms. The second-order valence-electron chi connectivity index (χ2n) is 4.26. The molecule has 1 aromatic heterocycles. The first-order valence-corrected chi connectivity index (χ1v) is 5.37. The van der Waals surface area contributed by atoms with E-state index in [1.165, 1.54) is 12.4 Å². The number of rotatable bonds is 3. The molecule has 1 aliphatic rings. The number of fused-ring (bicyclic) bond motifs is 1. The lowest BCUT2D eigenvalue weighted by Crippen LogP contribution is -2.48. The van der Waals surface area contributed by atoms with E-state index >= 15 is 0 Å². The zero-order valence-corrected chi connectivity index (χ0v) is 9.82. The summed E-state index contributed by atoms with van der Waals surface area (Å²) in [7, 11) is 0. The number of imide groups is 1. The summed E-state index contributed by atoms with van der Waals surface area (Å²) in [6.45, 7) is 3.26. The van der Waals surface area contributed by atoms with Gasteiger partial charge < -0.3 is 5.11 Å². The van der Waals surface area contributed by atoms with Gasteiger partial charge in [-0.1, -0.05) is 13.8 Å². The summed E-state index contributed by atoms with van der Waals surface area (Å²) < 4.78 is 0. The van der Waals surface area contributed by atoms with Gasteiger partial charge in [-0.2, -0.15) is 0 Å². The van der Waals surface area contributed by atoms with Crippen molar-refractivity contribution in [3.8, 4) is 0 Å². The van der Waals surface area contributed by atoms with Crippen molar-refractivity contribution in [1.29, 1.82) is 0 Å². The SMILES string of the molecule is CC(C)C(C(=O)O)N1C(=O)c2nccnc2C1=O. The van der Waals surface area contributed by atoms with E-state index in [0.29, 0.717) is 0 Å². The van der Waals surface area contributed by atoms with Crippen LogP contribution < -0.4 is 0 Å². The average molecular weight is 249 g/mol. The third kappa shape index (κ3) is 1.64. The van der Waals surface area contributed by atoms with Crippen LogP contribution in [-0.2, 0) is 4.79 Å². The van der Waals surface area contributed by atoms with Gasteiger partial charge in [0, 0.05) is 12.4 Å². The Morgan fingerprint density at radius 2 is 1.61 bits per heavy atom. The number of hydrogen-bond acceptors (Lipinski definition) is 5. The van der Waals surface area contributed by atoms with Crippen molar-refractivity contribution in [3.05, 3.63) is 23.8 Å². The third-order valence-electron chi connectivity index (χ3n) is 2.70. The number of aliphatic carboxylic acids is 1. The molecule has 0 bridgehead atoms. The fourth-order valence-corrected chi connectivity index (χ4v) is 1.92. The number of carboxylic acid groups (broad SMARTS) is 1. The molecule has 0 saturated heterocycles. The monoisotopic (exact) mass is 249 g/mol. The van der Waals surface area contributed by atoms with Gasteiger partial charge in [0.25, 0.3) is 11.8 Å². The van der Waals surface area contributed by atoms with Crippen molar-refractivity contribution < 1.29 is 19.5 Å². The maximum atomic E-state index is 12.0. The first kappa shape index (κ1) is 12.2. The molecule has 0 saturated carbocycles. The quantitative estimate of drug-likeness (QED) is 0.767. The molecule has 0 spiro atoms. The molecule has 1 atom stereocenters. The van der Waals surface area contributed by atoms with E-state index in [1.807, 2.05) is 0 Å². The molecular formula is C11H11N3O4. The minimum Gasteiger partial charge on any atom is -0.480 e. The highest BCUT2D eigenvalue weighted by molar-refractivity contribution is 6.20.